The number of carbonyl (C=O) groups is 1. The number of nitrogens with one attached hydrogen (secondary N) is 2. The van der Waals surface area contributed by atoms with Gasteiger partial charge in [0.1, 0.15) is 23.2 Å². The minimum atomic E-state index is -1.30. The first-order chi connectivity index (χ1) is 21.6. The van der Waals surface area contributed by atoms with Gasteiger partial charge in [-0.25, -0.2) is 8.78 Å². The van der Waals surface area contributed by atoms with Gasteiger partial charge in [0.15, 0.2) is 5.82 Å². The van der Waals surface area contributed by atoms with E-state index in [0.717, 1.165) is 0 Å². The van der Waals surface area contributed by atoms with Crippen molar-refractivity contribution in [2.24, 2.45) is 5.41 Å². The van der Waals surface area contributed by atoms with Crippen molar-refractivity contribution >= 4 is 35.4 Å². The zero-order valence-corrected chi connectivity index (χ0v) is 28.0. The Labute approximate surface area is 278 Å². The van der Waals surface area contributed by atoms with Crippen LogP contribution in [0, 0.1) is 28.4 Å². The van der Waals surface area contributed by atoms with Gasteiger partial charge in [-0.3, -0.25) is 9.48 Å². The molecule has 9 nitrogen and oxygen atoms in total. The molecule has 2 aromatic carbocycles. The van der Waals surface area contributed by atoms with E-state index < -0.39 is 34.7 Å². The summed E-state index contributed by atoms with van der Waals surface area (Å²) < 4.78 is 37.1. The minimum Gasteiger partial charge on any atom is -0.394 e. The molecule has 0 radical (unpaired) electrons. The number of benzene rings is 2. The molecular weight excluding hydrogens is 639 g/mol. The van der Waals surface area contributed by atoms with Crippen molar-refractivity contribution in [2.75, 3.05) is 25.1 Å². The van der Waals surface area contributed by atoms with E-state index in [1.54, 1.807) is 41.2 Å². The van der Waals surface area contributed by atoms with Crippen molar-refractivity contribution in [3.8, 4) is 6.07 Å². The summed E-state index contributed by atoms with van der Waals surface area (Å²) in [5, 5.41) is 38.4. The van der Waals surface area contributed by atoms with Gasteiger partial charge < -0.3 is 25.6 Å². The second-order valence-corrected chi connectivity index (χ2v) is 13.9. The molecule has 3 aromatic rings. The van der Waals surface area contributed by atoms with Gasteiger partial charge in [0.25, 0.3) is 0 Å². The lowest BCUT2D eigenvalue weighted by Gasteiger charge is -2.37. The Morgan fingerprint density at radius 3 is 2.57 bits per heavy atom. The molecule has 1 fully saturated rings. The first-order valence-corrected chi connectivity index (χ1v) is 15.5. The maximum Gasteiger partial charge on any atom is 0.212 e. The predicted octanol–water partition coefficient (Wildman–Crippen LogP) is 5.82. The largest absolute Gasteiger partial charge is 0.394 e. The second kappa shape index (κ2) is 15.7. The van der Waals surface area contributed by atoms with Crippen LogP contribution in [0.25, 0.3) is 0 Å². The van der Waals surface area contributed by atoms with Gasteiger partial charge in [0, 0.05) is 41.4 Å². The minimum absolute atomic E-state index is 0.0137. The number of aliphatic hydroxyl groups excluding tert-OH is 2. The van der Waals surface area contributed by atoms with Gasteiger partial charge in [-0.15, -0.1) is 0 Å². The molecule has 1 amide bonds. The van der Waals surface area contributed by atoms with E-state index in [9.17, 15) is 19.6 Å². The van der Waals surface area contributed by atoms with Crippen molar-refractivity contribution in [2.45, 2.75) is 76.7 Å². The number of nitrogens with zero attached hydrogens (tertiary/aromatic N) is 3. The highest BCUT2D eigenvalue weighted by molar-refractivity contribution is 6.31. The first kappa shape index (κ1) is 37.3. The molecule has 2 heterocycles. The van der Waals surface area contributed by atoms with Crippen molar-refractivity contribution in [1.29, 1.82) is 5.26 Å². The summed E-state index contributed by atoms with van der Waals surface area (Å²) in [6.45, 7) is 10.4. The quantitative estimate of drug-likeness (QED) is 0.188. The molecule has 250 valence electrons. The van der Waals surface area contributed by atoms with Crippen LogP contribution in [-0.2, 0) is 21.5 Å². The lowest BCUT2D eigenvalue weighted by atomic mass is 9.64. The Hall–Kier alpha value is -3.11. The summed E-state index contributed by atoms with van der Waals surface area (Å²) in [7, 11) is 0. The number of hydrogen-bond donors (Lipinski definition) is 4. The number of ether oxygens (including phenoxy) is 1. The SMILES string of the molecule is CC(C)(C)CC1NCC(c2cccc(Cl)c2F)[C@@]1(C#N)c1ccc(Cl)cc1F.CC(C)(Cn1ccc(NC=O)n1)OCC(O)CO. The van der Waals surface area contributed by atoms with Gasteiger partial charge in [0.2, 0.25) is 6.41 Å². The van der Waals surface area contributed by atoms with Crippen molar-refractivity contribution in [3.05, 3.63) is 81.5 Å². The molecule has 13 heteroatoms. The number of amides is 1. The third kappa shape index (κ3) is 9.25. The second-order valence-electron chi connectivity index (χ2n) is 13.1. The molecular formula is C33H41Cl2F2N5O4. The zero-order valence-electron chi connectivity index (χ0n) is 26.5. The molecule has 1 aliphatic heterocycles. The van der Waals surface area contributed by atoms with E-state index in [-0.39, 0.29) is 40.3 Å². The predicted molar refractivity (Wildman–Crippen MR) is 174 cm³/mol. The van der Waals surface area contributed by atoms with Crippen LogP contribution in [0.3, 0.4) is 0 Å². The molecule has 1 saturated heterocycles. The molecule has 0 aliphatic carbocycles. The average Bonchev–Trinajstić information content (AvgIpc) is 3.56. The highest BCUT2D eigenvalue weighted by Gasteiger charge is 2.55. The highest BCUT2D eigenvalue weighted by Crippen LogP contribution is 2.50. The van der Waals surface area contributed by atoms with E-state index in [1.807, 2.05) is 13.8 Å². The van der Waals surface area contributed by atoms with Crippen LogP contribution in [0.15, 0.2) is 48.7 Å². The van der Waals surface area contributed by atoms with Gasteiger partial charge in [-0.2, -0.15) is 10.4 Å². The molecule has 1 aromatic heterocycles. The lowest BCUT2D eigenvalue weighted by molar-refractivity contribution is -0.105. The van der Waals surface area contributed by atoms with E-state index in [2.05, 4.69) is 42.6 Å². The molecule has 4 N–H and O–H groups in total. The maximum atomic E-state index is 15.0. The Balaban J connectivity index is 0.000000277. The smallest absolute Gasteiger partial charge is 0.212 e. The fraction of sp³-hybridized carbons (Fsp3) is 0.485. The molecule has 0 saturated carbocycles. The fourth-order valence-electron chi connectivity index (χ4n) is 5.63. The van der Waals surface area contributed by atoms with Crippen LogP contribution in [0.4, 0.5) is 14.6 Å². The van der Waals surface area contributed by atoms with Crippen LogP contribution in [0.2, 0.25) is 10.0 Å². The summed E-state index contributed by atoms with van der Waals surface area (Å²) in [4.78, 5) is 10.2. The van der Waals surface area contributed by atoms with E-state index in [4.69, 9.17) is 33.0 Å². The van der Waals surface area contributed by atoms with Gasteiger partial charge >= 0.3 is 0 Å². The summed E-state index contributed by atoms with van der Waals surface area (Å²) in [6.07, 6.45) is 2.02. The number of anilines is 1. The van der Waals surface area contributed by atoms with E-state index in [1.165, 1.54) is 12.1 Å². The summed E-state index contributed by atoms with van der Waals surface area (Å²) in [5.41, 5.74) is -1.42. The number of aliphatic hydroxyl groups is 2. The number of halogens is 4. The number of carbonyl (C=O) groups excluding carboxylic acids is 1. The number of rotatable bonds is 11. The van der Waals surface area contributed by atoms with Gasteiger partial charge in [0.05, 0.1) is 36.5 Å². The molecule has 1 aliphatic rings. The third-order valence-corrected chi connectivity index (χ3v) is 8.20. The first-order valence-electron chi connectivity index (χ1n) is 14.8. The maximum absolute atomic E-state index is 15.0. The number of nitriles is 1. The van der Waals surface area contributed by atoms with E-state index >= 15 is 4.39 Å². The molecule has 0 bridgehead atoms. The Bertz CT molecular complexity index is 1520. The molecule has 3 unspecified atom stereocenters. The van der Waals surface area contributed by atoms with E-state index in [0.29, 0.717) is 37.3 Å². The molecule has 46 heavy (non-hydrogen) atoms. The molecule has 0 spiro atoms. The normalized spacial score (nSPS) is 20.4. The summed E-state index contributed by atoms with van der Waals surface area (Å²) >= 11 is 11.9. The van der Waals surface area contributed by atoms with Crippen LogP contribution in [0.1, 0.15) is 58.1 Å². The van der Waals surface area contributed by atoms with Crippen LogP contribution >= 0.6 is 23.2 Å². The standard InChI is InChI=1S/C22H22Cl2F2N2.C11H19N3O4/c1-21(2,3)10-19-22(12-27,15-8-7-13(23)9-18(15)25)16(11-28-19)14-5-4-6-17(24)20(14)26;1-11(2,18-6-9(17)5-15)7-14-4-3-10(13-14)12-8-16/h4-9,16,19,28H,10-11H2,1-3H3;3-4,8-9,15,17H,5-7H2,1-2H3,(H,12,13,16)/t16?,19?,22-;/m1./s1. The fourth-order valence-corrected chi connectivity index (χ4v) is 5.97. The zero-order chi connectivity index (χ0) is 34.3. The Morgan fingerprint density at radius 1 is 1.24 bits per heavy atom. The van der Waals surface area contributed by atoms with Gasteiger partial charge in [-0.05, 0) is 49.4 Å². The number of aromatic nitrogens is 2. The monoisotopic (exact) mass is 679 g/mol. The van der Waals surface area contributed by atoms with Crippen LogP contribution in [0.5, 0.6) is 0 Å². The topological polar surface area (TPSA) is 132 Å². The number of hydrogen-bond acceptors (Lipinski definition) is 7. The summed E-state index contributed by atoms with van der Waals surface area (Å²) in [5.74, 6) is -1.26. The Kier molecular flexibility index (Phi) is 12.7. The lowest BCUT2D eigenvalue weighted by Crippen LogP contribution is -2.44. The third-order valence-electron chi connectivity index (χ3n) is 7.67. The van der Waals surface area contributed by atoms with Crippen molar-refractivity contribution < 1.29 is 28.5 Å². The van der Waals surface area contributed by atoms with Crippen molar-refractivity contribution in [1.82, 2.24) is 15.1 Å². The van der Waals surface area contributed by atoms with Crippen LogP contribution in [-0.4, -0.2) is 63.9 Å². The average molecular weight is 681 g/mol. The Morgan fingerprint density at radius 2 is 1.96 bits per heavy atom. The molecule has 4 atom stereocenters. The van der Waals surface area contributed by atoms with Crippen LogP contribution < -0.4 is 10.6 Å². The van der Waals surface area contributed by atoms with Gasteiger partial charge in [-0.1, -0.05) is 62.2 Å². The summed E-state index contributed by atoms with van der Waals surface area (Å²) in [6, 6.07) is 12.7. The molecule has 4 rings (SSSR count). The highest BCUT2D eigenvalue weighted by atomic mass is 35.5. The van der Waals surface area contributed by atoms with Crippen molar-refractivity contribution in [3.63, 3.8) is 0 Å².